The molecule has 0 aromatic heterocycles. The van der Waals surface area contributed by atoms with Crippen molar-refractivity contribution in [1.29, 1.82) is 5.26 Å². The minimum Gasteiger partial charge on any atom is -0.508 e. The molecule has 7 heteroatoms. The molecule has 0 saturated carbocycles. The van der Waals surface area contributed by atoms with Crippen LogP contribution >= 0.6 is 11.6 Å². The Morgan fingerprint density at radius 3 is 2.39 bits per heavy atom. The SMILES string of the molecule is CC1=CCCC=C(Cl)N=C1c1ccc(N(Cc2ccc(C#N)cc2)C(=O)c2ccc(O)cc2O)cc1. The van der Waals surface area contributed by atoms with Gasteiger partial charge in [-0.25, -0.2) is 4.99 Å². The number of benzene rings is 3. The Labute approximate surface area is 214 Å². The van der Waals surface area contributed by atoms with Crippen LogP contribution in [0, 0.1) is 11.3 Å². The van der Waals surface area contributed by atoms with Crippen molar-refractivity contribution in [1.82, 2.24) is 0 Å². The molecule has 2 N–H and O–H groups in total. The smallest absolute Gasteiger partial charge is 0.262 e. The fourth-order valence-electron chi connectivity index (χ4n) is 3.92. The molecule has 3 aromatic rings. The Bertz CT molecular complexity index is 1420. The van der Waals surface area contributed by atoms with Gasteiger partial charge in [-0.1, -0.05) is 41.9 Å². The van der Waals surface area contributed by atoms with Gasteiger partial charge < -0.3 is 15.1 Å². The zero-order chi connectivity index (χ0) is 25.7. The van der Waals surface area contributed by atoms with Crippen molar-refractivity contribution in [3.63, 3.8) is 0 Å². The van der Waals surface area contributed by atoms with E-state index >= 15 is 0 Å². The molecule has 180 valence electrons. The number of hydrogen-bond donors (Lipinski definition) is 2. The number of phenolic OH excluding ortho intramolecular Hbond substituents is 2. The topological polar surface area (TPSA) is 96.9 Å². The van der Waals surface area contributed by atoms with E-state index in [-0.39, 0.29) is 23.6 Å². The molecule has 1 amide bonds. The van der Waals surface area contributed by atoms with Gasteiger partial charge in [-0.15, -0.1) is 0 Å². The summed E-state index contributed by atoms with van der Waals surface area (Å²) in [4.78, 5) is 19.6. The molecular weight excluding hydrogens is 474 g/mol. The van der Waals surface area contributed by atoms with Gasteiger partial charge in [-0.05, 0) is 73.4 Å². The fraction of sp³-hybridized carbons (Fsp3) is 0.138. The minimum atomic E-state index is -0.435. The summed E-state index contributed by atoms with van der Waals surface area (Å²) < 4.78 is 0. The molecule has 0 aliphatic carbocycles. The van der Waals surface area contributed by atoms with Gasteiger partial charge in [0.2, 0.25) is 0 Å². The number of amides is 1. The fourth-order valence-corrected chi connectivity index (χ4v) is 4.12. The second-order valence-corrected chi connectivity index (χ2v) is 8.79. The van der Waals surface area contributed by atoms with Gasteiger partial charge in [-0.2, -0.15) is 5.26 Å². The maximum absolute atomic E-state index is 13.5. The third-order valence-corrected chi connectivity index (χ3v) is 6.09. The van der Waals surface area contributed by atoms with Crippen LogP contribution in [0.2, 0.25) is 0 Å². The molecular formula is C29H24ClN3O3. The summed E-state index contributed by atoms with van der Waals surface area (Å²) in [5.41, 5.74) is 4.65. The Balaban J connectivity index is 1.72. The van der Waals surface area contributed by atoms with Gasteiger partial charge in [0.1, 0.15) is 16.7 Å². The maximum Gasteiger partial charge on any atom is 0.262 e. The average Bonchev–Trinajstić information content (AvgIpc) is 2.87. The molecule has 0 unspecified atom stereocenters. The molecule has 0 fully saturated rings. The summed E-state index contributed by atoms with van der Waals surface area (Å²) in [5.74, 6) is -0.884. The highest BCUT2D eigenvalue weighted by molar-refractivity contribution is 6.31. The van der Waals surface area contributed by atoms with E-state index < -0.39 is 5.91 Å². The molecule has 0 saturated heterocycles. The molecule has 4 rings (SSSR count). The number of carbonyl (C=O) groups is 1. The molecule has 1 heterocycles. The summed E-state index contributed by atoms with van der Waals surface area (Å²) in [7, 11) is 0. The number of nitriles is 1. The van der Waals surface area contributed by atoms with Gasteiger partial charge in [0.05, 0.1) is 29.5 Å². The molecule has 1 aliphatic heterocycles. The van der Waals surface area contributed by atoms with E-state index in [1.54, 1.807) is 24.3 Å². The molecule has 0 atom stereocenters. The summed E-state index contributed by atoms with van der Waals surface area (Å²) >= 11 is 6.26. The van der Waals surface area contributed by atoms with E-state index in [0.29, 0.717) is 16.4 Å². The van der Waals surface area contributed by atoms with Crippen molar-refractivity contribution in [2.24, 2.45) is 4.99 Å². The van der Waals surface area contributed by atoms with Crippen LogP contribution in [0.4, 0.5) is 5.69 Å². The van der Waals surface area contributed by atoms with Crippen LogP contribution in [0.5, 0.6) is 11.5 Å². The predicted octanol–water partition coefficient (Wildman–Crippen LogP) is 6.43. The lowest BCUT2D eigenvalue weighted by Gasteiger charge is -2.24. The molecule has 36 heavy (non-hydrogen) atoms. The van der Waals surface area contributed by atoms with Crippen molar-refractivity contribution in [2.75, 3.05) is 4.90 Å². The largest absolute Gasteiger partial charge is 0.508 e. The first-order valence-electron chi connectivity index (χ1n) is 11.4. The van der Waals surface area contributed by atoms with Gasteiger partial charge in [-0.3, -0.25) is 4.79 Å². The first-order chi connectivity index (χ1) is 17.4. The number of carbonyl (C=O) groups excluding carboxylic acids is 1. The van der Waals surface area contributed by atoms with Gasteiger partial charge in [0.25, 0.3) is 5.91 Å². The second-order valence-electron chi connectivity index (χ2n) is 8.40. The van der Waals surface area contributed by atoms with Crippen LogP contribution in [-0.4, -0.2) is 21.8 Å². The van der Waals surface area contributed by atoms with E-state index in [1.807, 2.05) is 37.3 Å². The minimum absolute atomic E-state index is 0.0608. The first kappa shape index (κ1) is 24.8. The summed E-state index contributed by atoms with van der Waals surface area (Å²) in [6, 6.07) is 20.3. The number of anilines is 1. The van der Waals surface area contributed by atoms with Crippen molar-refractivity contribution in [2.45, 2.75) is 26.3 Å². The highest BCUT2D eigenvalue weighted by Crippen LogP contribution is 2.28. The van der Waals surface area contributed by atoms with Crippen LogP contribution in [0.1, 0.15) is 46.8 Å². The predicted molar refractivity (Wildman–Crippen MR) is 141 cm³/mol. The number of phenols is 2. The number of allylic oxidation sites excluding steroid dienone is 3. The number of halogens is 1. The third kappa shape index (κ3) is 5.65. The Morgan fingerprint density at radius 2 is 1.72 bits per heavy atom. The average molecular weight is 498 g/mol. The van der Waals surface area contributed by atoms with Crippen LogP contribution in [-0.2, 0) is 6.54 Å². The summed E-state index contributed by atoms with van der Waals surface area (Å²) in [6.45, 7) is 2.20. The highest BCUT2D eigenvalue weighted by Gasteiger charge is 2.22. The standard InChI is InChI=1S/C29H24ClN3O3/c1-19-4-2-3-5-27(30)32-28(19)22-10-12-23(13-11-22)33(18-21-8-6-20(17-31)7-9-21)29(36)25-15-14-24(34)16-26(25)35/h4-16,34-35H,2-3,18H2,1H3. The Kier molecular flexibility index (Phi) is 7.53. The van der Waals surface area contributed by atoms with Crippen LogP contribution in [0.3, 0.4) is 0 Å². The van der Waals surface area contributed by atoms with E-state index in [9.17, 15) is 15.0 Å². The van der Waals surface area contributed by atoms with Gasteiger partial charge >= 0.3 is 0 Å². The number of rotatable bonds is 5. The number of aromatic hydroxyl groups is 2. The molecule has 0 radical (unpaired) electrons. The van der Waals surface area contributed by atoms with Gasteiger partial charge in [0.15, 0.2) is 0 Å². The number of nitrogens with zero attached hydrogens (tertiary/aromatic N) is 3. The zero-order valence-electron chi connectivity index (χ0n) is 19.6. The van der Waals surface area contributed by atoms with Crippen LogP contribution in [0.15, 0.2) is 94.6 Å². The maximum atomic E-state index is 13.5. The van der Waals surface area contributed by atoms with E-state index in [1.165, 1.54) is 17.0 Å². The third-order valence-electron chi connectivity index (χ3n) is 5.86. The Hall–Kier alpha value is -4.34. The lowest BCUT2D eigenvalue weighted by atomic mass is 10.0. The lowest BCUT2D eigenvalue weighted by molar-refractivity contribution is 0.0982. The number of hydrogen-bond acceptors (Lipinski definition) is 5. The lowest BCUT2D eigenvalue weighted by Crippen LogP contribution is -2.30. The van der Waals surface area contributed by atoms with Crippen molar-refractivity contribution < 1.29 is 15.0 Å². The molecule has 3 aromatic carbocycles. The zero-order valence-corrected chi connectivity index (χ0v) is 20.4. The quantitative estimate of drug-likeness (QED) is 0.397. The van der Waals surface area contributed by atoms with E-state index in [0.717, 1.165) is 41.3 Å². The van der Waals surface area contributed by atoms with E-state index in [4.69, 9.17) is 16.9 Å². The Morgan fingerprint density at radius 1 is 1.03 bits per heavy atom. The number of aliphatic imine (C=N–C) groups is 1. The summed E-state index contributed by atoms with van der Waals surface area (Å²) in [6.07, 6.45) is 5.73. The van der Waals surface area contributed by atoms with Crippen LogP contribution < -0.4 is 4.90 Å². The normalized spacial score (nSPS) is 13.4. The van der Waals surface area contributed by atoms with Crippen LogP contribution in [0.25, 0.3) is 0 Å². The monoisotopic (exact) mass is 497 g/mol. The van der Waals surface area contributed by atoms with Crippen molar-refractivity contribution in [3.05, 3.63) is 112 Å². The molecule has 0 bridgehead atoms. The second kappa shape index (κ2) is 10.9. The highest BCUT2D eigenvalue weighted by atomic mass is 35.5. The molecule has 0 spiro atoms. The summed E-state index contributed by atoms with van der Waals surface area (Å²) in [5, 5.41) is 29.5. The molecule has 1 aliphatic rings. The van der Waals surface area contributed by atoms with Crippen molar-refractivity contribution >= 4 is 28.9 Å². The van der Waals surface area contributed by atoms with Crippen molar-refractivity contribution in [3.8, 4) is 17.6 Å². The van der Waals surface area contributed by atoms with E-state index in [2.05, 4.69) is 17.1 Å². The van der Waals surface area contributed by atoms with Gasteiger partial charge in [0, 0.05) is 17.3 Å². The first-order valence-corrected chi connectivity index (χ1v) is 11.8. The molecule has 6 nitrogen and oxygen atoms in total.